The summed E-state index contributed by atoms with van der Waals surface area (Å²) in [6, 6.07) is 44.8. The van der Waals surface area contributed by atoms with Crippen LogP contribution in [0.4, 0.5) is 30.6 Å². The molecule has 0 radical (unpaired) electrons. The Hall–Kier alpha value is -10.2. The van der Waals surface area contributed by atoms with Crippen LogP contribution in [0.1, 0.15) is 82.7 Å². The molecule has 1 aromatic carbocycles. The molecule has 16 heterocycles. The van der Waals surface area contributed by atoms with Crippen molar-refractivity contribution in [1.82, 2.24) is 102 Å². The van der Waals surface area contributed by atoms with Crippen LogP contribution in [0.25, 0.3) is 89.7 Å². The van der Waals surface area contributed by atoms with Crippen LogP contribution in [0.15, 0.2) is 163 Å². The molecule has 23 nitrogen and oxygen atoms in total. The molecule has 0 spiro atoms. The van der Waals surface area contributed by atoms with Gasteiger partial charge in [-0.25, -0.2) is 34.9 Å². The first-order valence-corrected chi connectivity index (χ1v) is 35.6. The van der Waals surface area contributed by atoms with E-state index >= 15 is 0 Å². The number of aromatic nitrogens is 16. The van der Waals surface area contributed by atoms with Gasteiger partial charge in [-0.05, 0) is 171 Å². The van der Waals surface area contributed by atoms with Crippen molar-refractivity contribution in [3.63, 3.8) is 0 Å². The van der Waals surface area contributed by atoms with Gasteiger partial charge in [-0.15, -0.1) is 0 Å². The van der Waals surface area contributed by atoms with Crippen molar-refractivity contribution >= 4 is 77.5 Å². The number of nitrogens with zero attached hydrogens (tertiary/aromatic N) is 15. The van der Waals surface area contributed by atoms with Gasteiger partial charge in [0.1, 0.15) is 23.1 Å². The average molecular weight is 1440 g/mol. The third-order valence-electron chi connectivity index (χ3n) is 19.1. The van der Waals surface area contributed by atoms with Gasteiger partial charge in [-0.2, -0.15) is 33.6 Å². The second kappa shape index (κ2) is 31.0. The highest BCUT2D eigenvalue weighted by Crippen LogP contribution is 2.41. The molecule has 4 aliphatic rings. The Kier molecular flexibility index (Phi) is 20.9. The van der Waals surface area contributed by atoms with Gasteiger partial charge in [0.25, 0.3) is 0 Å². The number of aromatic amines is 4. The molecule has 12 aromatic heterocycles. The first-order chi connectivity index (χ1) is 49.7. The first-order valence-electron chi connectivity index (χ1n) is 34.8. The maximum absolute atomic E-state index is 13.8. The summed E-state index contributed by atoms with van der Waals surface area (Å²) in [7, 11) is 0. The molecule has 2 unspecified atom stereocenters. The number of nitrogens with one attached hydrogen (secondary N) is 8. The monoisotopic (exact) mass is 1440 g/mol. The molecule has 4 fully saturated rings. The number of H-pyrrole nitrogens is 4. The minimum absolute atomic E-state index is 0. The van der Waals surface area contributed by atoms with E-state index in [0.717, 1.165) is 170 Å². The molecule has 0 amide bonds. The van der Waals surface area contributed by atoms with Crippen LogP contribution in [-0.4, -0.2) is 164 Å². The summed E-state index contributed by atoms with van der Waals surface area (Å²) in [6.45, 7) is 20.5. The number of fused-ring (bicyclic) bond motifs is 4. The summed E-state index contributed by atoms with van der Waals surface area (Å²) in [4.78, 5) is 43.2. The fourth-order valence-electron chi connectivity index (χ4n) is 14.0. The molecule has 526 valence electrons. The lowest BCUT2D eigenvalue weighted by Gasteiger charge is -2.35. The standard InChI is InChI=1S/C22H22N6.C21H23BrF3N5.2C16H18N6.H2/c1-15-6-2-3-7-16(15)19-14-28(13-12-23-19)20-10-4-9-18(25-20)21-17-8-5-11-24-22(17)27-26-21;1-11(2)7-14-8-12(5-6-26-14)17-4-3-16(21(23,24)25)19(28-17)18-15-9-13(22)10-27-20(15)30-29-18;2*1-11-10-17-8-9-22(11)14-6-2-5-13(19-14)15-12-4-3-7-18-16(12)21-20-15;/h2-11,19,23H,12-14H2,1H3,(H,24,26,27);3-4,9-12,14,26H,5-8H2,1-2H3,(H,27,29,30);2*2-7,11,17H,8-10H2,1H3,(H,18,20,21);1H/t;12?,14-;2*11-;/m.010./s1. The van der Waals surface area contributed by atoms with Crippen molar-refractivity contribution in [3.05, 3.63) is 185 Å². The zero-order chi connectivity index (χ0) is 70.3. The van der Waals surface area contributed by atoms with E-state index < -0.39 is 11.7 Å². The van der Waals surface area contributed by atoms with E-state index in [2.05, 4.69) is 213 Å². The summed E-state index contributed by atoms with van der Waals surface area (Å²) < 4.78 is 42.0. The van der Waals surface area contributed by atoms with Crippen molar-refractivity contribution in [2.75, 3.05) is 80.1 Å². The predicted octanol–water partition coefficient (Wildman–Crippen LogP) is 13.0. The molecular weight excluding hydrogens is 1360 g/mol. The number of aryl methyl sites for hydroxylation is 1. The lowest BCUT2D eigenvalue weighted by molar-refractivity contribution is -0.137. The van der Waals surface area contributed by atoms with E-state index in [9.17, 15) is 13.2 Å². The summed E-state index contributed by atoms with van der Waals surface area (Å²) in [5, 5.41) is 46.3. The molecule has 0 bridgehead atoms. The Morgan fingerprint density at radius 2 is 1.08 bits per heavy atom. The predicted molar refractivity (Wildman–Crippen MR) is 400 cm³/mol. The highest BCUT2D eigenvalue weighted by Gasteiger charge is 2.37. The number of alkyl halides is 3. The van der Waals surface area contributed by atoms with Crippen LogP contribution < -0.4 is 36.0 Å². The number of piperidine rings is 1. The van der Waals surface area contributed by atoms with Gasteiger partial charge in [0, 0.05) is 141 Å². The van der Waals surface area contributed by atoms with Gasteiger partial charge in [0.15, 0.2) is 22.6 Å². The highest BCUT2D eigenvalue weighted by molar-refractivity contribution is 9.10. The molecular formula is C75H83BrF3N23. The van der Waals surface area contributed by atoms with Crippen LogP contribution in [-0.2, 0) is 6.18 Å². The highest BCUT2D eigenvalue weighted by atomic mass is 79.9. The second-order valence-electron chi connectivity index (χ2n) is 26.6. The number of pyridine rings is 8. The lowest BCUT2D eigenvalue weighted by atomic mass is 9.85. The normalized spacial score (nSPS) is 18.8. The van der Waals surface area contributed by atoms with Crippen LogP contribution >= 0.6 is 15.9 Å². The van der Waals surface area contributed by atoms with E-state index in [4.69, 9.17) is 15.0 Å². The Morgan fingerprint density at radius 3 is 1.62 bits per heavy atom. The second-order valence-corrected chi connectivity index (χ2v) is 27.5. The number of hydrogen-bond acceptors (Lipinski definition) is 19. The van der Waals surface area contributed by atoms with Gasteiger partial charge in [-0.1, -0.05) is 56.3 Å². The van der Waals surface area contributed by atoms with E-state index in [-0.39, 0.29) is 18.7 Å². The van der Waals surface area contributed by atoms with E-state index in [1.807, 2.05) is 54.6 Å². The third-order valence-corrected chi connectivity index (χ3v) is 19.6. The zero-order valence-corrected chi connectivity index (χ0v) is 59.0. The molecule has 0 saturated carbocycles. The molecule has 0 aliphatic carbocycles. The Morgan fingerprint density at radius 1 is 0.549 bits per heavy atom. The van der Waals surface area contributed by atoms with Gasteiger partial charge < -0.3 is 36.0 Å². The number of benzene rings is 1. The van der Waals surface area contributed by atoms with Gasteiger partial charge in [0.2, 0.25) is 0 Å². The maximum atomic E-state index is 13.8. The maximum Gasteiger partial charge on any atom is 0.418 e. The smallest absolute Gasteiger partial charge is 0.353 e. The van der Waals surface area contributed by atoms with Crippen molar-refractivity contribution in [3.8, 4) is 45.6 Å². The van der Waals surface area contributed by atoms with E-state index in [1.54, 1.807) is 30.9 Å². The fourth-order valence-corrected chi connectivity index (χ4v) is 14.4. The van der Waals surface area contributed by atoms with Gasteiger partial charge in [0.05, 0.1) is 51.5 Å². The molecule has 102 heavy (non-hydrogen) atoms. The van der Waals surface area contributed by atoms with Crippen molar-refractivity contribution in [2.45, 2.75) is 90.1 Å². The van der Waals surface area contributed by atoms with Gasteiger partial charge >= 0.3 is 6.18 Å². The van der Waals surface area contributed by atoms with Crippen LogP contribution in [0.5, 0.6) is 0 Å². The SMILES string of the molecule is CC(C)C[C@H]1CC(c2ccc(C(F)(F)F)c(-c3[nH]nc4ncc(Br)cc34)n2)CCN1.C[C@@H]1CNCCN1c1cccc(-c2[nH]nc3ncccc23)n1.C[C@H]1CNCCN1c1cccc(-c2[nH]nc3ncccc23)n1.Cc1ccccc1C1CN(c2cccc(-c3[nH]nc4ncccc34)n2)CCN1.[HH]. The number of anilines is 3. The van der Waals surface area contributed by atoms with Crippen molar-refractivity contribution in [1.29, 1.82) is 0 Å². The van der Waals surface area contributed by atoms with Crippen LogP contribution in [0, 0.1) is 12.8 Å². The summed E-state index contributed by atoms with van der Waals surface area (Å²) in [6.07, 6.45) is 5.05. The number of rotatable bonds is 11. The van der Waals surface area contributed by atoms with E-state index in [1.165, 1.54) is 17.2 Å². The summed E-state index contributed by atoms with van der Waals surface area (Å²) in [5.41, 5.74) is 10.7. The van der Waals surface area contributed by atoms with E-state index in [0.29, 0.717) is 56.9 Å². The first kappa shape index (κ1) is 68.9. The zero-order valence-electron chi connectivity index (χ0n) is 57.4. The molecule has 8 N–H and O–H groups in total. The fraction of sp³-hybridized carbons (Fsp3) is 0.333. The van der Waals surface area contributed by atoms with Crippen LogP contribution in [0.3, 0.4) is 0 Å². The molecule has 5 atom stereocenters. The quantitative estimate of drug-likeness (QED) is 0.0598. The average Bonchev–Trinajstić information content (AvgIpc) is 1.73. The summed E-state index contributed by atoms with van der Waals surface area (Å²) in [5.74, 6) is 3.69. The number of halogens is 4. The molecule has 13 aromatic rings. The third kappa shape index (κ3) is 15.5. The Labute approximate surface area is 597 Å². The number of piperazine rings is 3. The molecule has 4 aliphatic heterocycles. The lowest BCUT2D eigenvalue weighted by Crippen LogP contribution is -2.50. The van der Waals surface area contributed by atoms with Crippen molar-refractivity contribution < 1.29 is 14.6 Å². The largest absolute Gasteiger partial charge is 0.418 e. The van der Waals surface area contributed by atoms with Crippen molar-refractivity contribution in [2.24, 2.45) is 5.92 Å². The minimum Gasteiger partial charge on any atom is -0.353 e. The van der Waals surface area contributed by atoms with Gasteiger partial charge in [-0.3, -0.25) is 25.4 Å². The number of hydrogen-bond donors (Lipinski definition) is 8. The molecule has 27 heteroatoms. The van der Waals surface area contributed by atoms with Crippen LogP contribution in [0.2, 0.25) is 0 Å². The molecule has 17 rings (SSSR count). The topological polar surface area (TPSA) is 276 Å². The molecule has 4 saturated heterocycles. The minimum atomic E-state index is -4.52. The summed E-state index contributed by atoms with van der Waals surface area (Å²) >= 11 is 3.33. The Balaban J connectivity index is 0.000000123. The Bertz CT molecular complexity index is 4870.